The van der Waals surface area contributed by atoms with Crippen LogP contribution in [0.1, 0.15) is 12.5 Å². The van der Waals surface area contributed by atoms with Gasteiger partial charge < -0.3 is 5.32 Å². The largest absolute Gasteiger partial charge is 0.357 e. The molecule has 1 aromatic carbocycles. The van der Waals surface area contributed by atoms with Gasteiger partial charge in [-0.25, -0.2) is 4.68 Å². The van der Waals surface area contributed by atoms with E-state index in [2.05, 4.69) is 44.4 Å². The molecule has 106 valence electrons. The third-order valence-electron chi connectivity index (χ3n) is 3.15. The van der Waals surface area contributed by atoms with Gasteiger partial charge in [-0.3, -0.25) is 0 Å². The Morgan fingerprint density at radius 2 is 2.05 bits per heavy atom. The Morgan fingerprint density at radius 1 is 1.14 bits per heavy atom. The molecule has 0 atom stereocenters. The van der Waals surface area contributed by atoms with Crippen LogP contribution in [0.2, 0.25) is 0 Å². The number of anilines is 1. The lowest BCUT2D eigenvalue weighted by Gasteiger charge is -2.07. The van der Waals surface area contributed by atoms with Gasteiger partial charge in [0.2, 0.25) is 5.95 Å². The Balaban J connectivity index is 2.11. The Morgan fingerprint density at radius 3 is 2.76 bits per heavy atom. The Kier molecular flexibility index (Phi) is 3.59. The second-order valence-electron chi connectivity index (χ2n) is 4.54. The maximum absolute atomic E-state index is 4.51. The number of hydrogen-bond donors (Lipinski definition) is 1. The predicted molar refractivity (Wildman–Crippen MR) is 81.3 cm³/mol. The van der Waals surface area contributed by atoms with Gasteiger partial charge in [-0.2, -0.15) is 20.1 Å². The van der Waals surface area contributed by atoms with Crippen LogP contribution in [-0.2, 0) is 6.42 Å². The van der Waals surface area contributed by atoms with Crippen LogP contribution in [0.3, 0.4) is 0 Å². The smallest absolute Gasteiger partial charge is 0.255 e. The molecule has 0 amide bonds. The normalized spacial score (nSPS) is 10.6. The second kappa shape index (κ2) is 5.70. The first-order valence-electron chi connectivity index (χ1n) is 6.83. The van der Waals surface area contributed by atoms with Crippen LogP contribution in [-0.4, -0.2) is 31.8 Å². The minimum absolute atomic E-state index is 0.497. The van der Waals surface area contributed by atoms with Gasteiger partial charge in [0.1, 0.15) is 0 Å². The topological polar surface area (TPSA) is 68.5 Å². The summed E-state index contributed by atoms with van der Waals surface area (Å²) in [5.74, 6) is 1.65. The third kappa shape index (κ3) is 2.74. The highest BCUT2D eigenvalue weighted by molar-refractivity contribution is 5.58. The lowest BCUT2D eigenvalue weighted by Crippen LogP contribution is -2.08. The van der Waals surface area contributed by atoms with E-state index in [9.17, 15) is 0 Å². The van der Waals surface area contributed by atoms with E-state index in [0.29, 0.717) is 17.7 Å². The number of rotatable bonds is 4. The molecule has 6 heteroatoms. The molecule has 0 aliphatic heterocycles. The van der Waals surface area contributed by atoms with Gasteiger partial charge in [-0.1, -0.05) is 25.1 Å². The molecule has 2 aromatic heterocycles. The monoisotopic (exact) mass is 280 g/mol. The summed E-state index contributed by atoms with van der Waals surface area (Å²) in [6, 6.07) is 10.0. The maximum Gasteiger partial charge on any atom is 0.255 e. The van der Waals surface area contributed by atoms with E-state index in [1.54, 1.807) is 24.1 Å². The van der Waals surface area contributed by atoms with Crippen molar-refractivity contribution in [2.75, 3.05) is 12.4 Å². The SMILES string of the molecule is CCc1cccc(-c2nc(NC)nc(-n3cccn3)n2)c1. The van der Waals surface area contributed by atoms with Crippen molar-refractivity contribution < 1.29 is 0 Å². The molecule has 21 heavy (non-hydrogen) atoms. The summed E-state index contributed by atoms with van der Waals surface area (Å²) in [5.41, 5.74) is 2.22. The van der Waals surface area contributed by atoms with Gasteiger partial charge in [0.25, 0.3) is 5.95 Å². The number of nitrogens with one attached hydrogen (secondary N) is 1. The maximum atomic E-state index is 4.51. The van der Waals surface area contributed by atoms with Crippen LogP contribution >= 0.6 is 0 Å². The van der Waals surface area contributed by atoms with Gasteiger partial charge in [0, 0.05) is 25.0 Å². The summed E-state index contributed by atoms with van der Waals surface area (Å²) < 4.78 is 1.62. The second-order valence-corrected chi connectivity index (χ2v) is 4.54. The predicted octanol–water partition coefficient (Wildman–Crippen LogP) is 2.33. The number of aromatic nitrogens is 5. The molecule has 2 heterocycles. The molecular formula is C15H16N6. The van der Waals surface area contributed by atoms with Gasteiger partial charge in [-0.05, 0) is 24.1 Å². The van der Waals surface area contributed by atoms with Crippen molar-refractivity contribution in [2.45, 2.75) is 13.3 Å². The zero-order valence-electron chi connectivity index (χ0n) is 12.0. The highest BCUT2D eigenvalue weighted by Crippen LogP contribution is 2.19. The van der Waals surface area contributed by atoms with E-state index in [-0.39, 0.29) is 0 Å². The minimum Gasteiger partial charge on any atom is -0.357 e. The fraction of sp³-hybridized carbons (Fsp3) is 0.200. The van der Waals surface area contributed by atoms with Crippen LogP contribution < -0.4 is 5.32 Å². The van der Waals surface area contributed by atoms with Gasteiger partial charge in [0.05, 0.1) is 0 Å². The number of hydrogen-bond acceptors (Lipinski definition) is 5. The molecule has 3 rings (SSSR count). The number of nitrogens with zero attached hydrogens (tertiary/aromatic N) is 5. The van der Waals surface area contributed by atoms with E-state index in [1.807, 2.05) is 18.2 Å². The Hall–Kier alpha value is -2.76. The van der Waals surface area contributed by atoms with E-state index < -0.39 is 0 Å². The van der Waals surface area contributed by atoms with Gasteiger partial charge >= 0.3 is 0 Å². The van der Waals surface area contributed by atoms with E-state index in [1.165, 1.54) is 5.56 Å². The molecule has 0 spiro atoms. The third-order valence-corrected chi connectivity index (χ3v) is 3.15. The molecule has 0 saturated carbocycles. The van der Waals surface area contributed by atoms with Crippen molar-refractivity contribution >= 4 is 5.95 Å². The van der Waals surface area contributed by atoms with E-state index in [4.69, 9.17) is 0 Å². The van der Waals surface area contributed by atoms with E-state index in [0.717, 1.165) is 12.0 Å². The minimum atomic E-state index is 0.497. The molecular weight excluding hydrogens is 264 g/mol. The van der Waals surface area contributed by atoms with Crippen LogP contribution in [0, 0.1) is 0 Å². The summed E-state index contributed by atoms with van der Waals surface area (Å²) in [6.07, 6.45) is 4.48. The Bertz CT molecular complexity index is 736. The average molecular weight is 280 g/mol. The molecule has 0 saturated heterocycles. The van der Waals surface area contributed by atoms with E-state index >= 15 is 0 Å². The Labute approximate surface area is 122 Å². The fourth-order valence-electron chi connectivity index (χ4n) is 2.03. The van der Waals surface area contributed by atoms with Crippen molar-refractivity contribution in [1.82, 2.24) is 24.7 Å². The molecule has 0 fully saturated rings. The molecule has 0 radical (unpaired) electrons. The summed E-state index contributed by atoms with van der Waals surface area (Å²) in [7, 11) is 1.79. The lowest BCUT2D eigenvalue weighted by molar-refractivity contribution is 0.800. The van der Waals surface area contributed by atoms with Crippen molar-refractivity contribution in [3.63, 3.8) is 0 Å². The standard InChI is InChI=1S/C15H16N6/c1-3-11-6-4-7-12(10-11)13-18-14(16-2)20-15(19-13)21-9-5-8-17-21/h4-10H,3H2,1-2H3,(H,16,18,19,20). The van der Waals surface area contributed by atoms with Crippen LogP contribution in [0.15, 0.2) is 42.7 Å². The zero-order valence-corrected chi connectivity index (χ0v) is 12.0. The molecule has 0 aliphatic rings. The summed E-state index contributed by atoms with van der Waals surface area (Å²) in [5, 5.41) is 7.13. The fourth-order valence-corrected chi connectivity index (χ4v) is 2.03. The molecule has 0 aliphatic carbocycles. The van der Waals surface area contributed by atoms with Gasteiger partial charge in [0.15, 0.2) is 5.82 Å². The quantitative estimate of drug-likeness (QED) is 0.794. The number of aryl methyl sites for hydroxylation is 1. The van der Waals surface area contributed by atoms with Crippen molar-refractivity contribution in [2.24, 2.45) is 0 Å². The first-order chi connectivity index (χ1) is 10.3. The number of benzene rings is 1. The summed E-state index contributed by atoms with van der Waals surface area (Å²) in [6.45, 7) is 2.13. The highest BCUT2D eigenvalue weighted by Gasteiger charge is 2.09. The van der Waals surface area contributed by atoms with Crippen molar-refractivity contribution in [3.05, 3.63) is 48.3 Å². The summed E-state index contributed by atoms with van der Waals surface area (Å²) >= 11 is 0. The van der Waals surface area contributed by atoms with Crippen LogP contribution in [0.5, 0.6) is 0 Å². The highest BCUT2D eigenvalue weighted by atomic mass is 15.4. The molecule has 1 N–H and O–H groups in total. The molecule has 3 aromatic rings. The average Bonchev–Trinajstić information content (AvgIpc) is 3.09. The first-order valence-corrected chi connectivity index (χ1v) is 6.83. The lowest BCUT2D eigenvalue weighted by atomic mass is 10.1. The van der Waals surface area contributed by atoms with Crippen LogP contribution in [0.25, 0.3) is 17.3 Å². The molecule has 6 nitrogen and oxygen atoms in total. The van der Waals surface area contributed by atoms with Crippen molar-refractivity contribution in [1.29, 1.82) is 0 Å². The zero-order chi connectivity index (χ0) is 14.7. The van der Waals surface area contributed by atoms with Crippen LogP contribution in [0.4, 0.5) is 5.95 Å². The van der Waals surface area contributed by atoms with Crippen molar-refractivity contribution in [3.8, 4) is 17.3 Å². The first kappa shape index (κ1) is 13.2. The molecule has 0 unspecified atom stereocenters. The molecule has 0 bridgehead atoms. The summed E-state index contributed by atoms with van der Waals surface area (Å²) in [4.78, 5) is 13.3. The van der Waals surface area contributed by atoms with Gasteiger partial charge in [-0.15, -0.1) is 0 Å².